The molecule has 1 saturated carbocycles. The highest BCUT2D eigenvalue weighted by atomic mass is 35.5. The lowest BCUT2D eigenvalue weighted by Crippen LogP contribution is -2.41. The van der Waals surface area contributed by atoms with Gasteiger partial charge in [-0.3, -0.25) is 0 Å². The molecule has 16 heavy (non-hydrogen) atoms. The zero-order chi connectivity index (χ0) is 11.5. The van der Waals surface area contributed by atoms with Crippen molar-refractivity contribution in [3.63, 3.8) is 0 Å². The molecule has 0 N–H and O–H groups in total. The molecule has 1 aliphatic carbocycles. The van der Waals surface area contributed by atoms with E-state index in [0.717, 1.165) is 24.5 Å². The first-order valence-electron chi connectivity index (χ1n) is 5.85. The standard InChI is InChI=1S/C12H18ClN3/c1-9-14-8-7-12(15-9)16(2)11-6-4-3-5-10(11)13/h7-8,10-11H,3-6H2,1-2H3. The molecule has 0 saturated heterocycles. The van der Waals surface area contributed by atoms with Crippen LogP contribution in [0.15, 0.2) is 12.3 Å². The highest BCUT2D eigenvalue weighted by Gasteiger charge is 2.27. The van der Waals surface area contributed by atoms with Gasteiger partial charge in [-0.05, 0) is 25.8 Å². The molecule has 4 heteroatoms. The van der Waals surface area contributed by atoms with E-state index in [2.05, 4.69) is 21.9 Å². The number of aryl methyl sites for hydroxylation is 1. The predicted molar refractivity (Wildman–Crippen MR) is 67.1 cm³/mol. The molecular formula is C12H18ClN3. The first kappa shape index (κ1) is 11.6. The first-order valence-corrected chi connectivity index (χ1v) is 6.28. The molecule has 2 atom stereocenters. The summed E-state index contributed by atoms with van der Waals surface area (Å²) in [6, 6.07) is 2.36. The quantitative estimate of drug-likeness (QED) is 0.744. The Labute approximate surface area is 102 Å². The summed E-state index contributed by atoms with van der Waals surface area (Å²) in [6.07, 6.45) is 6.60. The van der Waals surface area contributed by atoms with Crippen molar-refractivity contribution < 1.29 is 0 Å². The van der Waals surface area contributed by atoms with E-state index in [1.165, 1.54) is 12.8 Å². The Hall–Kier alpha value is -0.830. The van der Waals surface area contributed by atoms with Crippen LogP contribution in [0.5, 0.6) is 0 Å². The fourth-order valence-corrected chi connectivity index (χ4v) is 2.76. The molecule has 0 aliphatic heterocycles. The highest BCUT2D eigenvalue weighted by Crippen LogP contribution is 2.28. The van der Waals surface area contributed by atoms with E-state index in [-0.39, 0.29) is 5.38 Å². The molecule has 1 aromatic heterocycles. The third-order valence-electron chi connectivity index (χ3n) is 3.27. The Morgan fingerprint density at radius 2 is 2.12 bits per heavy atom. The molecule has 0 amide bonds. The van der Waals surface area contributed by atoms with Crippen molar-refractivity contribution in [1.29, 1.82) is 0 Å². The summed E-state index contributed by atoms with van der Waals surface area (Å²) >= 11 is 6.38. The topological polar surface area (TPSA) is 29.0 Å². The lowest BCUT2D eigenvalue weighted by molar-refractivity contribution is 0.432. The second kappa shape index (κ2) is 5.00. The van der Waals surface area contributed by atoms with Crippen LogP contribution in [0.3, 0.4) is 0 Å². The van der Waals surface area contributed by atoms with Crippen molar-refractivity contribution in [3.8, 4) is 0 Å². The summed E-state index contributed by atoms with van der Waals surface area (Å²) in [5.41, 5.74) is 0. The molecule has 2 rings (SSSR count). The second-order valence-electron chi connectivity index (χ2n) is 4.44. The number of rotatable bonds is 2. The third kappa shape index (κ3) is 2.46. The van der Waals surface area contributed by atoms with E-state index < -0.39 is 0 Å². The van der Waals surface area contributed by atoms with E-state index in [0.29, 0.717) is 6.04 Å². The number of hydrogen-bond donors (Lipinski definition) is 0. The minimum Gasteiger partial charge on any atom is -0.355 e. The molecule has 2 unspecified atom stereocenters. The number of hydrogen-bond acceptors (Lipinski definition) is 3. The molecule has 0 radical (unpaired) electrons. The fourth-order valence-electron chi connectivity index (χ4n) is 2.31. The van der Waals surface area contributed by atoms with Crippen molar-refractivity contribution in [3.05, 3.63) is 18.1 Å². The smallest absolute Gasteiger partial charge is 0.132 e. The first-order chi connectivity index (χ1) is 7.68. The Kier molecular flexibility index (Phi) is 3.64. The summed E-state index contributed by atoms with van der Waals surface area (Å²) in [4.78, 5) is 10.8. The maximum atomic E-state index is 6.38. The maximum absolute atomic E-state index is 6.38. The van der Waals surface area contributed by atoms with Crippen LogP contribution < -0.4 is 4.90 Å². The van der Waals surface area contributed by atoms with Gasteiger partial charge < -0.3 is 4.90 Å². The highest BCUT2D eigenvalue weighted by molar-refractivity contribution is 6.21. The lowest BCUT2D eigenvalue weighted by atomic mass is 9.94. The summed E-state index contributed by atoms with van der Waals surface area (Å²) in [5.74, 6) is 1.79. The minimum absolute atomic E-state index is 0.244. The second-order valence-corrected chi connectivity index (χ2v) is 5.00. The van der Waals surface area contributed by atoms with Gasteiger partial charge in [-0.2, -0.15) is 0 Å². The van der Waals surface area contributed by atoms with Crippen molar-refractivity contribution in [2.24, 2.45) is 0 Å². The van der Waals surface area contributed by atoms with Crippen LogP contribution in [0.2, 0.25) is 0 Å². The number of halogens is 1. The molecule has 3 nitrogen and oxygen atoms in total. The van der Waals surface area contributed by atoms with Crippen LogP contribution in [0, 0.1) is 6.92 Å². The molecular weight excluding hydrogens is 222 g/mol. The number of anilines is 1. The van der Waals surface area contributed by atoms with Crippen LogP contribution in [0.4, 0.5) is 5.82 Å². The summed E-state index contributed by atoms with van der Waals surface area (Å²) in [6.45, 7) is 1.91. The van der Waals surface area contributed by atoms with Gasteiger partial charge >= 0.3 is 0 Å². The summed E-state index contributed by atoms with van der Waals surface area (Å²) < 4.78 is 0. The van der Waals surface area contributed by atoms with Gasteiger partial charge in [0.2, 0.25) is 0 Å². The van der Waals surface area contributed by atoms with Crippen LogP contribution in [0.25, 0.3) is 0 Å². The molecule has 88 valence electrons. The van der Waals surface area contributed by atoms with E-state index in [4.69, 9.17) is 11.6 Å². The minimum atomic E-state index is 0.244. The molecule has 0 bridgehead atoms. The van der Waals surface area contributed by atoms with Gasteiger partial charge in [0.15, 0.2) is 0 Å². The summed E-state index contributed by atoms with van der Waals surface area (Å²) in [7, 11) is 2.08. The van der Waals surface area contributed by atoms with E-state index in [1.54, 1.807) is 6.20 Å². The zero-order valence-electron chi connectivity index (χ0n) is 9.86. The monoisotopic (exact) mass is 239 g/mol. The molecule has 1 fully saturated rings. The van der Waals surface area contributed by atoms with Gasteiger partial charge in [-0.1, -0.05) is 12.8 Å². The Morgan fingerprint density at radius 3 is 2.81 bits per heavy atom. The van der Waals surface area contributed by atoms with Crippen LogP contribution >= 0.6 is 11.6 Å². The average molecular weight is 240 g/mol. The molecule has 1 aromatic rings. The van der Waals surface area contributed by atoms with Crippen molar-refractivity contribution in [1.82, 2.24) is 9.97 Å². The Morgan fingerprint density at radius 1 is 1.38 bits per heavy atom. The average Bonchev–Trinajstić information content (AvgIpc) is 2.29. The number of alkyl halides is 1. The fraction of sp³-hybridized carbons (Fsp3) is 0.667. The van der Waals surface area contributed by atoms with Gasteiger partial charge in [0.1, 0.15) is 11.6 Å². The van der Waals surface area contributed by atoms with Crippen LogP contribution in [-0.4, -0.2) is 28.4 Å². The van der Waals surface area contributed by atoms with E-state index >= 15 is 0 Å². The number of nitrogens with zero attached hydrogens (tertiary/aromatic N) is 3. The van der Waals surface area contributed by atoms with Gasteiger partial charge in [0, 0.05) is 19.3 Å². The Bertz CT molecular complexity index is 356. The Balaban J connectivity index is 2.14. The largest absolute Gasteiger partial charge is 0.355 e. The maximum Gasteiger partial charge on any atom is 0.132 e. The van der Waals surface area contributed by atoms with Gasteiger partial charge in [-0.15, -0.1) is 11.6 Å². The van der Waals surface area contributed by atoms with Crippen molar-refractivity contribution in [2.45, 2.75) is 44.0 Å². The van der Waals surface area contributed by atoms with Crippen LogP contribution in [-0.2, 0) is 0 Å². The normalized spacial score (nSPS) is 25.4. The number of aromatic nitrogens is 2. The van der Waals surface area contributed by atoms with E-state index in [1.807, 2.05) is 13.0 Å². The van der Waals surface area contributed by atoms with Gasteiger partial charge in [0.05, 0.1) is 5.38 Å². The van der Waals surface area contributed by atoms with Crippen molar-refractivity contribution >= 4 is 17.4 Å². The SMILES string of the molecule is Cc1nccc(N(C)C2CCCCC2Cl)n1. The molecule has 1 aliphatic rings. The molecule has 0 spiro atoms. The molecule has 0 aromatic carbocycles. The third-order valence-corrected chi connectivity index (χ3v) is 3.78. The van der Waals surface area contributed by atoms with E-state index in [9.17, 15) is 0 Å². The van der Waals surface area contributed by atoms with Crippen LogP contribution in [0.1, 0.15) is 31.5 Å². The lowest BCUT2D eigenvalue weighted by Gasteiger charge is -2.35. The van der Waals surface area contributed by atoms with Crippen molar-refractivity contribution in [2.75, 3.05) is 11.9 Å². The summed E-state index contributed by atoms with van der Waals surface area (Å²) in [5, 5.41) is 0.244. The van der Waals surface area contributed by atoms with Gasteiger partial charge in [0.25, 0.3) is 0 Å². The predicted octanol–water partition coefficient (Wildman–Crippen LogP) is 2.77. The molecule has 1 heterocycles. The van der Waals surface area contributed by atoms with Gasteiger partial charge in [-0.25, -0.2) is 9.97 Å². The zero-order valence-corrected chi connectivity index (χ0v) is 10.6.